The summed E-state index contributed by atoms with van der Waals surface area (Å²) in [6.45, 7) is 5.41. The molecular formula is C18H20N4O4. The molecule has 2 aliphatic rings. The smallest absolute Gasteiger partial charge is 0.269 e. The summed E-state index contributed by atoms with van der Waals surface area (Å²) in [5.74, 6) is 1.42. The first-order valence-corrected chi connectivity index (χ1v) is 8.62. The van der Waals surface area contributed by atoms with Gasteiger partial charge in [-0.1, -0.05) is 0 Å². The molecule has 26 heavy (non-hydrogen) atoms. The van der Waals surface area contributed by atoms with E-state index in [-0.39, 0.29) is 11.3 Å². The summed E-state index contributed by atoms with van der Waals surface area (Å²) in [5.41, 5.74) is 1.42. The van der Waals surface area contributed by atoms with Crippen molar-refractivity contribution in [2.75, 3.05) is 37.8 Å². The molecule has 1 unspecified atom stereocenters. The Hall–Kier alpha value is -2.58. The van der Waals surface area contributed by atoms with Crippen LogP contribution in [-0.4, -0.2) is 53.4 Å². The van der Waals surface area contributed by atoms with Gasteiger partial charge >= 0.3 is 0 Å². The van der Waals surface area contributed by atoms with Crippen LogP contribution in [0.3, 0.4) is 0 Å². The monoisotopic (exact) mass is 356 g/mol. The van der Waals surface area contributed by atoms with Crippen LogP contribution < -0.4 is 4.90 Å². The lowest BCUT2D eigenvalue weighted by Gasteiger charge is -2.40. The summed E-state index contributed by atoms with van der Waals surface area (Å²) in [6.07, 6.45) is 0.892. The van der Waals surface area contributed by atoms with Crippen LogP contribution >= 0.6 is 0 Å². The second kappa shape index (κ2) is 6.62. The molecule has 2 aliphatic heterocycles. The molecule has 3 heterocycles. The predicted octanol–water partition coefficient (Wildman–Crippen LogP) is 2.36. The standard InChI is InChI=1S/C18H20N4O4/c1-13-10-16(21-7-9-26-18(11-21)6-8-25-12-18)20-17(19-13)14-2-4-15(5-3-14)22(23)24/h2-5,10H,6-9,11-12H2,1H3. The first kappa shape index (κ1) is 16.9. The number of nitrogens with zero attached hydrogens (tertiary/aromatic N) is 4. The third kappa shape index (κ3) is 3.25. The molecule has 2 aromatic rings. The summed E-state index contributed by atoms with van der Waals surface area (Å²) in [7, 11) is 0. The van der Waals surface area contributed by atoms with Gasteiger partial charge < -0.3 is 14.4 Å². The molecule has 0 aliphatic carbocycles. The van der Waals surface area contributed by atoms with Crippen LogP contribution in [0.25, 0.3) is 11.4 Å². The average molecular weight is 356 g/mol. The van der Waals surface area contributed by atoms with E-state index < -0.39 is 4.92 Å². The van der Waals surface area contributed by atoms with Gasteiger partial charge in [-0.15, -0.1) is 0 Å². The Balaban J connectivity index is 1.62. The molecule has 1 aromatic heterocycles. The summed E-state index contributed by atoms with van der Waals surface area (Å²) in [4.78, 5) is 21.8. The van der Waals surface area contributed by atoms with Gasteiger partial charge in [-0.2, -0.15) is 0 Å². The molecule has 1 spiro atoms. The SMILES string of the molecule is Cc1cc(N2CCOC3(CCOC3)C2)nc(-c2ccc([N+](=O)[O-])cc2)n1. The number of hydrogen-bond acceptors (Lipinski definition) is 7. The van der Waals surface area contributed by atoms with Gasteiger partial charge in [0, 0.05) is 49.0 Å². The number of aromatic nitrogens is 2. The van der Waals surface area contributed by atoms with E-state index in [1.165, 1.54) is 12.1 Å². The molecule has 0 amide bonds. The van der Waals surface area contributed by atoms with Crippen LogP contribution in [0.4, 0.5) is 11.5 Å². The van der Waals surface area contributed by atoms with E-state index >= 15 is 0 Å². The number of ether oxygens (including phenoxy) is 2. The molecule has 1 atom stereocenters. The van der Waals surface area contributed by atoms with Crippen LogP contribution in [0.15, 0.2) is 30.3 Å². The van der Waals surface area contributed by atoms with Gasteiger partial charge in [0.15, 0.2) is 5.82 Å². The first-order chi connectivity index (χ1) is 12.5. The van der Waals surface area contributed by atoms with Crippen molar-refractivity contribution in [2.45, 2.75) is 18.9 Å². The number of morpholine rings is 1. The van der Waals surface area contributed by atoms with Gasteiger partial charge in [-0.3, -0.25) is 10.1 Å². The largest absolute Gasteiger partial charge is 0.378 e. The van der Waals surface area contributed by atoms with Crippen LogP contribution in [0.5, 0.6) is 0 Å². The normalized spacial score (nSPS) is 22.7. The van der Waals surface area contributed by atoms with E-state index in [0.717, 1.165) is 43.2 Å². The molecule has 4 rings (SSSR count). The minimum absolute atomic E-state index is 0.0537. The lowest BCUT2D eigenvalue weighted by molar-refractivity contribution is -0.384. The van der Waals surface area contributed by atoms with E-state index in [4.69, 9.17) is 14.5 Å². The van der Waals surface area contributed by atoms with E-state index in [1.54, 1.807) is 12.1 Å². The maximum absolute atomic E-state index is 10.8. The van der Waals surface area contributed by atoms with Crippen molar-refractivity contribution in [3.8, 4) is 11.4 Å². The molecule has 2 fully saturated rings. The number of aryl methyl sites for hydroxylation is 1. The Morgan fingerprint density at radius 1 is 1.23 bits per heavy atom. The molecule has 8 heteroatoms. The van der Waals surface area contributed by atoms with Gasteiger partial charge in [-0.25, -0.2) is 9.97 Å². The highest BCUT2D eigenvalue weighted by atomic mass is 16.6. The highest BCUT2D eigenvalue weighted by Crippen LogP contribution is 2.30. The number of non-ortho nitro benzene ring substituents is 1. The maximum Gasteiger partial charge on any atom is 0.269 e. The Morgan fingerprint density at radius 2 is 2.04 bits per heavy atom. The molecule has 0 radical (unpaired) electrons. The van der Waals surface area contributed by atoms with Crippen molar-refractivity contribution in [2.24, 2.45) is 0 Å². The minimum Gasteiger partial charge on any atom is -0.378 e. The zero-order valence-corrected chi connectivity index (χ0v) is 14.6. The molecule has 1 aromatic carbocycles. The maximum atomic E-state index is 10.8. The highest BCUT2D eigenvalue weighted by Gasteiger charge is 2.40. The third-order valence-electron chi connectivity index (χ3n) is 4.82. The fraction of sp³-hybridized carbons (Fsp3) is 0.444. The lowest BCUT2D eigenvalue weighted by atomic mass is 10.0. The first-order valence-electron chi connectivity index (χ1n) is 8.62. The van der Waals surface area contributed by atoms with E-state index in [0.29, 0.717) is 19.0 Å². The second-order valence-electron chi connectivity index (χ2n) is 6.75. The molecule has 2 saturated heterocycles. The molecular weight excluding hydrogens is 336 g/mol. The zero-order valence-electron chi connectivity index (χ0n) is 14.6. The highest BCUT2D eigenvalue weighted by molar-refractivity contribution is 5.60. The average Bonchev–Trinajstić information content (AvgIpc) is 3.09. The van der Waals surface area contributed by atoms with Crippen molar-refractivity contribution < 1.29 is 14.4 Å². The molecule has 0 bridgehead atoms. The van der Waals surface area contributed by atoms with Crippen LogP contribution in [0, 0.1) is 17.0 Å². The molecule has 136 valence electrons. The predicted molar refractivity (Wildman–Crippen MR) is 95.2 cm³/mol. The lowest BCUT2D eigenvalue weighted by Crippen LogP contribution is -2.52. The third-order valence-corrected chi connectivity index (χ3v) is 4.82. The topological polar surface area (TPSA) is 90.6 Å². The minimum atomic E-state index is -0.414. The van der Waals surface area contributed by atoms with Gasteiger partial charge in [0.1, 0.15) is 11.4 Å². The quantitative estimate of drug-likeness (QED) is 0.616. The Kier molecular flexibility index (Phi) is 4.29. The van der Waals surface area contributed by atoms with Crippen molar-refractivity contribution in [3.63, 3.8) is 0 Å². The summed E-state index contributed by atoms with van der Waals surface area (Å²) in [5, 5.41) is 10.8. The number of benzene rings is 1. The Bertz CT molecular complexity index is 818. The van der Waals surface area contributed by atoms with E-state index in [9.17, 15) is 10.1 Å². The number of nitro benzene ring substituents is 1. The van der Waals surface area contributed by atoms with Gasteiger partial charge in [0.05, 0.1) is 24.7 Å². The van der Waals surface area contributed by atoms with Crippen LogP contribution in [-0.2, 0) is 9.47 Å². The fourth-order valence-electron chi connectivity index (χ4n) is 3.44. The van der Waals surface area contributed by atoms with Crippen molar-refractivity contribution in [1.82, 2.24) is 9.97 Å². The summed E-state index contributed by atoms with van der Waals surface area (Å²) in [6, 6.07) is 8.27. The molecule has 8 nitrogen and oxygen atoms in total. The zero-order chi connectivity index (χ0) is 18.1. The molecule has 0 saturated carbocycles. The van der Waals surface area contributed by atoms with E-state index in [2.05, 4.69) is 9.88 Å². The number of anilines is 1. The summed E-state index contributed by atoms with van der Waals surface area (Å²) < 4.78 is 11.5. The number of rotatable bonds is 3. The number of hydrogen-bond donors (Lipinski definition) is 0. The van der Waals surface area contributed by atoms with Gasteiger partial charge in [0.25, 0.3) is 5.69 Å². The van der Waals surface area contributed by atoms with Crippen molar-refractivity contribution in [1.29, 1.82) is 0 Å². The van der Waals surface area contributed by atoms with Crippen LogP contribution in [0.1, 0.15) is 12.1 Å². The number of nitro groups is 1. The van der Waals surface area contributed by atoms with Crippen LogP contribution in [0.2, 0.25) is 0 Å². The van der Waals surface area contributed by atoms with E-state index in [1.807, 2.05) is 13.0 Å². The van der Waals surface area contributed by atoms with Crippen molar-refractivity contribution >= 4 is 11.5 Å². The summed E-state index contributed by atoms with van der Waals surface area (Å²) >= 11 is 0. The fourth-order valence-corrected chi connectivity index (χ4v) is 3.44. The molecule has 0 N–H and O–H groups in total. The van der Waals surface area contributed by atoms with Crippen molar-refractivity contribution in [3.05, 3.63) is 46.1 Å². The van der Waals surface area contributed by atoms with Gasteiger partial charge in [0.2, 0.25) is 0 Å². The Morgan fingerprint density at radius 3 is 2.73 bits per heavy atom. The second-order valence-corrected chi connectivity index (χ2v) is 6.75. The Labute approximate surface area is 150 Å². The van der Waals surface area contributed by atoms with Gasteiger partial charge in [-0.05, 0) is 19.1 Å².